The van der Waals surface area contributed by atoms with E-state index in [9.17, 15) is 4.79 Å². The summed E-state index contributed by atoms with van der Waals surface area (Å²) in [6, 6.07) is 3.12. The number of aryl methyl sites for hydroxylation is 1. The van der Waals surface area contributed by atoms with Crippen LogP contribution in [0.4, 0.5) is 0 Å². The summed E-state index contributed by atoms with van der Waals surface area (Å²) in [5, 5.41) is 4.34. The summed E-state index contributed by atoms with van der Waals surface area (Å²) in [4.78, 5) is 19.0. The molecule has 8 heteroatoms. The van der Waals surface area contributed by atoms with Gasteiger partial charge in [0.2, 0.25) is 5.89 Å². The smallest absolute Gasteiger partial charge is 0.254 e. The molecule has 0 saturated carbocycles. The third kappa shape index (κ3) is 2.58. The van der Waals surface area contributed by atoms with E-state index in [1.165, 1.54) is 0 Å². The Labute approximate surface area is 143 Å². The quantitative estimate of drug-likeness (QED) is 0.829. The van der Waals surface area contributed by atoms with Crippen LogP contribution >= 0.6 is 11.6 Å². The Morgan fingerprint density at radius 1 is 1.33 bits per heavy atom. The molecule has 0 radical (unpaired) electrons. The lowest BCUT2D eigenvalue weighted by Gasteiger charge is -2.24. The van der Waals surface area contributed by atoms with Crippen molar-refractivity contribution in [1.82, 2.24) is 15.0 Å². The maximum atomic E-state index is 13.0. The fraction of sp³-hybridized carbons (Fsp3) is 0.438. The summed E-state index contributed by atoms with van der Waals surface area (Å²) in [6.45, 7) is 3.27. The zero-order valence-corrected chi connectivity index (χ0v) is 13.9. The summed E-state index contributed by atoms with van der Waals surface area (Å²) < 4.78 is 16.1. The maximum absolute atomic E-state index is 13.0. The van der Waals surface area contributed by atoms with E-state index >= 15 is 0 Å². The van der Waals surface area contributed by atoms with Crippen LogP contribution in [0.1, 0.15) is 41.0 Å². The molecule has 1 saturated heterocycles. The fourth-order valence-electron chi connectivity index (χ4n) is 3.13. The van der Waals surface area contributed by atoms with E-state index in [0.717, 1.165) is 12.8 Å². The summed E-state index contributed by atoms with van der Waals surface area (Å²) in [7, 11) is 0. The second kappa shape index (κ2) is 5.98. The molecule has 0 spiro atoms. The molecule has 1 aromatic carbocycles. The third-order valence-corrected chi connectivity index (χ3v) is 4.48. The molecule has 24 heavy (non-hydrogen) atoms. The number of ether oxygens (including phenoxy) is 2. The zero-order valence-electron chi connectivity index (χ0n) is 13.1. The Balaban J connectivity index is 1.64. The second-order valence-corrected chi connectivity index (χ2v) is 6.22. The number of fused-ring (bicyclic) bond motifs is 1. The molecule has 7 nitrogen and oxygen atoms in total. The van der Waals surface area contributed by atoms with Crippen molar-refractivity contribution in [2.75, 3.05) is 19.8 Å². The van der Waals surface area contributed by atoms with Crippen LogP contribution in [0.5, 0.6) is 11.5 Å². The molecule has 1 amide bonds. The van der Waals surface area contributed by atoms with Gasteiger partial charge in [-0.3, -0.25) is 4.79 Å². The summed E-state index contributed by atoms with van der Waals surface area (Å²) in [5.74, 6) is 1.90. The molecule has 2 aromatic rings. The van der Waals surface area contributed by atoms with E-state index in [2.05, 4.69) is 10.1 Å². The molecule has 1 atom stereocenters. The SMILES string of the molecule is Cc1nc([C@H]2CCCN2C(=O)c2cc(Cl)c3c(c2)OCCO3)no1. The number of likely N-dealkylation sites (tertiary alicyclic amines) is 1. The van der Waals surface area contributed by atoms with Crippen LogP contribution in [-0.4, -0.2) is 40.7 Å². The van der Waals surface area contributed by atoms with Crippen LogP contribution in [0.3, 0.4) is 0 Å². The highest BCUT2D eigenvalue weighted by Crippen LogP contribution is 2.39. The van der Waals surface area contributed by atoms with Crippen molar-refractivity contribution in [3.63, 3.8) is 0 Å². The molecule has 4 rings (SSSR count). The number of carbonyl (C=O) groups excluding carboxylic acids is 1. The Morgan fingerprint density at radius 3 is 2.96 bits per heavy atom. The number of rotatable bonds is 2. The number of hydrogen-bond donors (Lipinski definition) is 0. The lowest BCUT2D eigenvalue weighted by atomic mass is 10.1. The van der Waals surface area contributed by atoms with Crippen LogP contribution in [-0.2, 0) is 0 Å². The largest absolute Gasteiger partial charge is 0.486 e. The topological polar surface area (TPSA) is 77.7 Å². The van der Waals surface area contributed by atoms with Crippen LogP contribution in [0.2, 0.25) is 5.02 Å². The van der Waals surface area contributed by atoms with Gasteiger partial charge in [-0.05, 0) is 25.0 Å². The molecule has 3 heterocycles. The molecule has 2 aliphatic rings. The zero-order chi connectivity index (χ0) is 16.7. The predicted molar refractivity (Wildman–Crippen MR) is 84.5 cm³/mol. The highest BCUT2D eigenvalue weighted by atomic mass is 35.5. The van der Waals surface area contributed by atoms with E-state index < -0.39 is 0 Å². The number of amides is 1. The molecule has 2 aliphatic heterocycles. The van der Waals surface area contributed by atoms with Gasteiger partial charge < -0.3 is 18.9 Å². The molecule has 0 N–H and O–H groups in total. The standard InChI is InChI=1S/C16H16ClN3O4/c1-9-18-15(19-24-9)12-3-2-4-20(12)16(21)10-7-11(17)14-13(8-10)22-5-6-23-14/h7-8,12H,2-6H2,1H3/t12-/m1/s1. The number of nitrogens with zero attached hydrogens (tertiary/aromatic N) is 3. The van der Waals surface area contributed by atoms with Gasteiger partial charge in [-0.15, -0.1) is 0 Å². The van der Waals surface area contributed by atoms with E-state index in [0.29, 0.717) is 53.6 Å². The van der Waals surface area contributed by atoms with E-state index in [4.69, 9.17) is 25.6 Å². The van der Waals surface area contributed by atoms with Gasteiger partial charge in [0.05, 0.1) is 11.1 Å². The molecular formula is C16H16ClN3O4. The number of hydrogen-bond acceptors (Lipinski definition) is 6. The lowest BCUT2D eigenvalue weighted by molar-refractivity contribution is 0.0727. The highest BCUT2D eigenvalue weighted by Gasteiger charge is 2.34. The summed E-state index contributed by atoms with van der Waals surface area (Å²) >= 11 is 6.24. The molecule has 126 valence electrons. The summed E-state index contributed by atoms with van der Waals surface area (Å²) in [5.41, 5.74) is 0.469. The lowest BCUT2D eigenvalue weighted by Crippen LogP contribution is -2.31. The van der Waals surface area contributed by atoms with Crippen molar-refractivity contribution in [1.29, 1.82) is 0 Å². The van der Waals surface area contributed by atoms with Gasteiger partial charge in [-0.2, -0.15) is 4.98 Å². The normalized spacial score (nSPS) is 19.6. The van der Waals surface area contributed by atoms with Gasteiger partial charge in [0.25, 0.3) is 5.91 Å². The molecule has 0 unspecified atom stereocenters. The van der Waals surface area contributed by atoms with Crippen molar-refractivity contribution < 1.29 is 18.8 Å². The molecule has 0 aliphatic carbocycles. The van der Waals surface area contributed by atoms with Crippen LogP contribution in [0.25, 0.3) is 0 Å². The van der Waals surface area contributed by atoms with Crippen molar-refractivity contribution in [3.8, 4) is 11.5 Å². The maximum Gasteiger partial charge on any atom is 0.254 e. The van der Waals surface area contributed by atoms with E-state index in [1.807, 2.05) is 0 Å². The molecule has 0 bridgehead atoms. The van der Waals surface area contributed by atoms with Gasteiger partial charge in [0, 0.05) is 19.0 Å². The van der Waals surface area contributed by atoms with Crippen LogP contribution in [0, 0.1) is 6.92 Å². The first kappa shape index (κ1) is 15.3. The van der Waals surface area contributed by atoms with Crippen molar-refractivity contribution in [2.45, 2.75) is 25.8 Å². The molecule has 1 aromatic heterocycles. The average molecular weight is 350 g/mol. The summed E-state index contributed by atoms with van der Waals surface area (Å²) in [6.07, 6.45) is 1.70. The van der Waals surface area contributed by atoms with Gasteiger partial charge in [0.15, 0.2) is 17.3 Å². The number of halogens is 1. The van der Waals surface area contributed by atoms with Crippen molar-refractivity contribution in [2.24, 2.45) is 0 Å². The minimum atomic E-state index is -0.179. The average Bonchev–Trinajstić information content (AvgIpc) is 3.22. The first-order valence-corrected chi connectivity index (χ1v) is 8.21. The first-order chi connectivity index (χ1) is 11.6. The number of aromatic nitrogens is 2. The Hall–Kier alpha value is -2.28. The Kier molecular flexibility index (Phi) is 3.80. The van der Waals surface area contributed by atoms with Gasteiger partial charge in [0.1, 0.15) is 13.2 Å². The Morgan fingerprint density at radius 2 is 2.17 bits per heavy atom. The fourth-order valence-corrected chi connectivity index (χ4v) is 3.39. The first-order valence-electron chi connectivity index (χ1n) is 7.84. The third-order valence-electron chi connectivity index (χ3n) is 4.20. The second-order valence-electron chi connectivity index (χ2n) is 5.81. The van der Waals surface area contributed by atoms with Gasteiger partial charge in [-0.1, -0.05) is 16.8 Å². The van der Waals surface area contributed by atoms with Gasteiger partial charge >= 0.3 is 0 Å². The minimum absolute atomic E-state index is 0.126. The molecular weight excluding hydrogens is 334 g/mol. The van der Waals surface area contributed by atoms with Crippen LogP contribution in [0.15, 0.2) is 16.7 Å². The van der Waals surface area contributed by atoms with Crippen molar-refractivity contribution in [3.05, 3.63) is 34.4 Å². The predicted octanol–water partition coefficient (Wildman–Crippen LogP) is 2.78. The van der Waals surface area contributed by atoms with E-state index in [1.54, 1.807) is 24.0 Å². The Bertz CT molecular complexity index is 792. The number of carbonyl (C=O) groups is 1. The monoisotopic (exact) mass is 349 g/mol. The number of benzene rings is 1. The highest BCUT2D eigenvalue weighted by molar-refractivity contribution is 6.32. The minimum Gasteiger partial charge on any atom is -0.486 e. The van der Waals surface area contributed by atoms with Gasteiger partial charge in [-0.25, -0.2) is 0 Å². The van der Waals surface area contributed by atoms with Crippen molar-refractivity contribution >= 4 is 17.5 Å². The van der Waals surface area contributed by atoms with E-state index in [-0.39, 0.29) is 11.9 Å². The van der Waals surface area contributed by atoms with Crippen LogP contribution < -0.4 is 9.47 Å². The molecule has 1 fully saturated rings.